The topological polar surface area (TPSA) is 30.2 Å². The smallest absolute Gasteiger partial charge is 0.234 e. The van der Waals surface area contributed by atoms with Gasteiger partial charge in [-0.05, 0) is 30.7 Å². The molecule has 0 amide bonds. The van der Waals surface area contributed by atoms with Crippen molar-refractivity contribution in [3.8, 4) is 0 Å². The van der Waals surface area contributed by atoms with E-state index in [4.69, 9.17) is 4.42 Å². The minimum absolute atomic E-state index is 0.0744. The van der Waals surface area contributed by atoms with Gasteiger partial charge in [0.05, 0.1) is 5.56 Å². The monoisotopic (exact) mass is 272 g/mol. The normalized spacial score (nSPS) is 10.9. The predicted octanol–water partition coefficient (Wildman–Crippen LogP) is 4.25. The Labute approximate surface area is 113 Å². The van der Waals surface area contributed by atoms with Crippen LogP contribution < -0.4 is 0 Å². The summed E-state index contributed by atoms with van der Waals surface area (Å²) in [5.74, 6) is -2.61. The summed E-state index contributed by atoms with van der Waals surface area (Å²) in [6, 6.07) is 10.9. The Balaban J connectivity index is 2.15. The van der Waals surface area contributed by atoms with Gasteiger partial charge in [-0.25, -0.2) is 8.78 Å². The van der Waals surface area contributed by atoms with E-state index in [9.17, 15) is 13.6 Å². The largest absolute Gasteiger partial charge is 0.453 e. The van der Waals surface area contributed by atoms with Crippen LogP contribution in [0.4, 0.5) is 8.78 Å². The van der Waals surface area contributed by atoms with Crippen LogP contribution in [-0.4, -0.2) is 5.78 Å². The Hall–Kier alpha value is -2.49. The summed E-state index contributed by atoms with van der Waals surface area (Å²) >= 11 is 0. The molecule has 2 aromatic carbocycles. The SMILES string of the molecule is Cc1ccc(F)c(C(=O)c2cc3ccccc3o2)c1F. The Morgan fingerprint density at radius 1 is 1.10 bits per heavy atom. The van der Waals surface area contributed by atoms with Gasteiger partial charge in [-0.15, -0.1) is 0 Å². The highest BCUT2D eigenvalue weighted by molar-refractivity contribution is 6.09. The molecule has 0 fully saturated rings. The summed E-state index contributed by atoms with van der Waals surface area (Å²) in [6.45, 7) is 1.48. The average Bonchev–Trinajstić information content (AvgIpc) is 2.87. The molecular formula is C16H10F2O2. The van der Waals surface area contributed by atoms with Crippen molar-refractivity contribution in [3.05, 3.63) is 71.0 Å². The van der Waals surface area contributed by atoms with Crippen molar-refractivity contribution in [2.75, 3.05) is 0 Å². The molecule has 0 atom stereocenters. The molecule has 20 heavy (non-hydrogen) atoms. The van der Waals surface area contributed by atoms with Crippen LogP contribution in [0, 0.1) is 18.6 Å². The number of benzene rings is 2. The standard InChI is InChI=1S/C16H10F2O2/c1-9-6-7-11(17)14(15(9)18)16(19)13-8-10-4-2-3-5-12(10)20-13/h2-8H,1H3. The van der Waals surface area contributed by atoms with Crippen molar-refractivity contribution in [1.82, 2.24) is 0 Å². The number of fused-ring (bicyclic) bond motifs is 1. The molecule has 0 aliphatic carbocycles. The molecule has 0 saturated carbocycles. The van der Waals surface area contributed by atoms with Crippen LogP contribution in [0.1, 0.15) is 21.7 Å². The molecule has 4 heteroatoms. The zero-order chi connectivity index (χ0) is 14.3. The number of ketones is 1. The van der Waals surface area contributed by atoms with E-state index in [0.717, 1.165) is 6.07 Å². The summed E-state index contributed by atoms with van der Waals surface area (Å²) in [5.41, 5.74) is 0.138. The number of hydrogen-bond acceptors (Lipinski definition) is 2. The lowest BCUT2D eigenvalue weighted by atomic mass is 10.0. The first-order valence-corrected chi connectivity index (χ1v) is 6.06. The van der Waals surface area contributed by atoms with Crippen molar-refractivity contribution in [2.45, 2.75) is 6.92 Å². The van der Waals surface area contributed by atoms with E-state index in [-0.39, 0.29) is 11.3 Å². The van der Waals surface area contributed by atoms with Crippen LogP contribution in [0.2, 0.25) is 0 Å². The van der Waals surface area contributed by atoms with Gasteiger partial charge < -0.3 is 4.42 Å². The molecule has 1 aromatic heterocycles. The van der Waals surface area contributed by atoms with E-state index in [0.29, 0.717) is 11.0 Å². The lowest BCUT2D eigenvalue weighted by Gasteiger charge is -2.04. The molecular weight excluding hydrogens is 262 g/mol. The van der Waals surface area contributed by atoms with Gasteiger partial charge in [0.15, 0.2) is 5.76 Å². The molecule has 0 saturated heterocycles. The molecule has 0 radical (unpaired) electrons. The Bertz CT molecular complexity index is 785. The van der Waals surface area contributed by atoms with E-state index in [1.54, 1.807) is 24.3 Å². The maximum atomic E-state index is 14.0. The first-order chi connectivity index (χ1) is 9.58. The summed E-state index contributed by atoms with van der Waals surface area (Å²) in [4.78, 5) is 12.2. The lowest BCUT2D eigenvalue weighted by Crippen LogP contribution is -2.07. The Morgan fingerprint density at radius 2 is 1.85 bits per heavy atom. The lowest BCUT2D eigenvalue weighted by molar-refractivity contribution is 0.100. The van der Waals surface area contributed by atoms with Gasteiger partial charge in [-0.2, -0.15) is 0 Å². The van der Waals surface area contributed by atoms with Gasteiger partial charge in [0.1, 0.15) is 17.2 Å². The number of aryl methyl sites for hydroxylation is 1. The fourth-order valence-corrected chi connectivity index (χ4v) is 2.08. The first-order valence-electron chi connectivity index (χ1n) is 6.06. The van der Waals surface area contributed by atoms with Crippen molar-refractivity contribution >= 4 is 16.8 Å². The molecule has 0 aliphatic heterocycles. The molecule has 2 nitrogen and oxygen atoms in total. The van der Waals surface area contributed by atoms with Crippen molar-refractivity contribution in [2.24, 2.45) is 0 Å². The second-order valence-corrected chi connectivity index (χ2v) is 4.53. The summed E-state index contributed by atoms with van der Waals surface area (Å²) < 4.78 is 33.0. The summed E-state index contributed by atoms with van der Waals surface area (Å²) in [7, 11) is 0. The molecule has 0 N–H and O–H groups in total. The molecule has 0 bridgehead atoms. The fraction of sp³-hybridized carbons (Fsp3) is 0.0625. The number of rotatable bonds is 2. The van der Waals surface area contributed by atoms with Crippen LogP contribution in [0.5, 0.6) is 0 Å². The Kier molecular flexibility index (Phi) is 2.86. The fourth-order valence-electron chi connectivity index (χ4n) is 2.08. The zero-order valence-corrected chi connectivity index (χ0v) is 10.6. The second kappa shape index (κ2) is 4.56. The summed E-state index contributed by atoms with van der Waals surface area (Å²) in [5, 5.41) is 0.712. The molecule has 0 aliphatic rings. The van der Waals surface area contributed by atoms with Crippen LogP contribution >= 0.6 is 0 Å². The highest BCUT2D eigenvalue weighted by Gasteiger charge is 2.23. The maximum Gasteiger partial charge on any atom is 0.234 e. The third-order valence-electron chi connectivity index (χ3n) is 3.16. The minimum atomic E-state index is -0.890. The first kappa shape index (κ1) is 12.5. The Morgan fingerprint density at radius 3 is 2.60 bits per heavy atom. The zero-order valence-electron chi connectivity index (χ0n) is 10.6. The molecule has 100 valence electrons. The second-order valence-electron chi connectivity index (χ2n) is 4.53. The third-order valence-corrected chi connectivity index (χ3v) is 3.16. The van der Waals surface area contributed by atoms with Gasteiger partial charge in [0.2, 0.25) is 5.78 Å². The van der Waals surface area contributed by atoms with Crippen LogP contribution in [-0.2, 0) is 0 Å². The maximum absolute atomic E-state index is 14.0. The van der Waals surface area contributed by atoms with E-state index in [2.05, 4.69) is 0 Å². The van der Waals surface area contributed by atoms with Crippen LogP contribution in [0.15, 0.2) is 46.9 Å². The summed E-state index contributed by atoms with van der Waals surface area (Å²) in [6.07, 6.45) is 0. The molecule has 1 heterocycles. The van der Waals surface area contributed by atoms with Gasteiger partial charge in [0.25, 0.3) is 0 Å². The van der Waals surface area contributed by atoms with Crippen LogP contribution in [0.25, 0.3) is 11.0 Å². The molecule has 3 aromatic rings. The third kappa shape index (κ3) is 1.90. The molecule has 0 unspecified atom stereocenters. The van der Waals surface area contributed by atoms with Gasteiger partial charge in [-0.1, -0.05) is 24.3 Å². The van der Waals surface area contributed by atoms with E-state index in [1.807, 2.05) is 0 Å². The number of hydrogen-bond donors (Lipinski definition) is 0. The van der Waals surface area contributed by atoms with Crippen molar-refractivity contribution in [3.63, 3.8) is 0 Å². The predicted molar refractivity (Wildman–Crippen MR) is 70.7 cm³/mol. The molecule has 3 rings (SSSR count). The van der Waals surface area contributed by atoms with Gasteiger partial charge >= 0.3 is 0 Å². The number of para-hydroxylation sites is 1. The van der Waals surface area contributed by atoms with E-state index >= 15 is 0 Å². The number of furan rings is 1. The highest BCUT2D eigenvalue weighted by Crippen LogP contribution is 2.24. The van der Waals surface area contributed by atoms with Crippen molar-refractivity contribution in [1.29, 1.82) is 0 Å². The number of carbonyl (C=O) groups is 1. The van der Waals surface area contributed by atoms with Crippen LogP contribution in [0.3, 0.4) is 0 Å². The van der Waals surface area contributed by atoms with E-state index in [1.165, 1.54) is 19.1 Å². The van der Waals surface area contributed by atoms with Gasteiger partial charge in [-0.3, -0.25) is 4.79 Å². The quantitative estimate of drug-likeness (QED) is 0.653. The minimum Gasteiger partial charge on any atom is -0.453 e. The van der Waals surface area contributed by atoms with Crippen molar-refractivity contribution < 1.29 is 18.0 Å². The average molecular weight is 272 g/mol. The van der Waals surface area contributed by atoms with E-state index < -0.39 is 23.0 Å². The number of halogens is 2. The molecule has 0 spiro atoms. The number of carbonyl (C=O) groups excluding carboxylic acids is 1. The highest BCUT2D eigenvalue weighted by atomic mass is 19.1. The van der Waals surface area contributed by atoms with Gasteiger partial charge in [0, 0.05) is 5.39 Å².